The number of hydrogen-bond donors (Lipinski definition) is 1. The fourth-order valence-corrected chi connectivity index (χ4v) is 1.63. The molecule has 1 atom stereocenters. The van der Waals surface area contributed by atoms with Gasteiger partial charge in [-0.3, -0.25) is 4.79 Å². The average molecular weight is 280 g/mol. The van der Waals surface area contributed by atoms with Crippen molar-refractivity contribution in [1.29, 1.82) is 0 Å². The van der Waals surface area contributed by atoms with Gasteiger partial charge in [0.1, 0.15) is 0 Å². The average Bonchev–Trinajstić information content (AvgIpc) is 2.46. The lowest BCUT2D eigenvalue weighted by molar-refractivity contribution is -0.140. The highest BCUT2D eigenvalue weighted by Gasteiger charge is 2.02. The Morgan fingerprint density at radius 3 is 2.70 bits per heavy atom. The Kier molecular flexibility index (Phi) is 13.1. The Labute approximate surface area is 123 Å². The number of allylic oxidation sites excluding steroid dienone is 5. The van der Waals surface area contributed by atoms with Crippen LogP contribution in [0.5, 0.6) is 0 Å². The van der Waals surface area contributed by atoms with E-state index in [4.69, 9.17) is 0 Å². The van der Waals surface area contributed by atoms with E-state index in [9.17, 15) is 9.90 Å². The molecule has 3 heteroatoms. The first-order valence-electron chi connectivity index (χ1n) is 7.44. The zero-order valence-corrected chi connectivity index (χ0v) is 12.8. The Morgan fingerprint density at radius 1 is 1.20 bits per heavy atom. The number of ether oxygens (including phenoxy) is 1. The highest BCUT2D eigenvalue weighted by atomic mass is 16.5. The standard InChI is InChI=1S/C17H28O3/c1-3-4-5-6-7-8-9-10-13-16(18)14-11-12-15-17(19)20-2/h5-6,8-10,13,16,18H,3-4,7,11-12,14-15H2,1-2H3/b6-5-,9-8-,13-10+. The number of unbranched alkanes of at least 4 members (excludes halogenated alkanes) is 2. The minimum absolute atomic E-state index is 0.186. The van der Waals surface area contributed by atoms with Crippen molar-refractivity contribution in [2.45, 2.75) is 58.0 Å². The third-order valence-electron chi connectivity index (χ3n) is 2.83. The molecule has 0 aromatic heterocycles. The molecule has 0 bridgehead atoms. The van der Waals surface area contributed by atoms with E-state index in [0.29, 0.717) is 12.8 Å². The molecule has 0 aliphatic carbocycles. The number of methoxy groups -OCH3 is 1. The van der Waals surface area contributed by atoms with Crippen molar-refractivity contribution in [1.82, 2.24) is 0 Å². The summed E-state index contributed by atoms with van der Waals surface area (Å²) in [6.45, 7) is 2.16. The van der Waals surface area contributed by atoms with Gasteiger partial charge in [0.2, 0.25) is 0 Å². The number of esters is 1. The van der Waals surface area contributed by atoms with Crippen LogP contribution in [0.3, 0.4) is 0 Å². The molecule has 0 saturated carbocycles. The Bertz CT molecular complexity index is 316. The van der Waals surface area contributed by atoms with E-state index in [1.54, 1.807) is 6.08 Å². The Balaban J connectivity index is 3.59. The maximum Gasteiger partial charge on any atom is 0.305 e. The van der Waals surface area contributed by atoms with Gasteiger partial charge in [-0.25, -0.2) is 0 Å². The van der Waals surface area contributed by atoms with Crippen molar-refractivity contribution in [3.63, 3.8) is 0 Å². The molecule has 1 N–H and O–H groups in total. The van der Waals surface area contributed by atoms with Crippen LogP contribution in [0.4, 0.5) is 0 Å². The van der Waals surface area contributed by atoms with E-state index in [1.807, 2.05) is 12.2 Å². The summed E-state index contributed by atoms with van der Waals surface area (Å²) in [5.41, 5.74) is 0. The molecule has 1 unspecified atom stereocenters. The van der Waals surface area contributed by atoms with Gasteiger partial charge in [0.15, 0.2) is 0 Å². The van der Waals surface area contributed by atoms with E-state index >= 15 is 0 Å². The summed E-state index contributed by atoms with van der Waals surface area (Å²) in [5.74, 6) is -0.186. The van der Waals surface area contributed by atoms with Gasteiger partial charge in [0.25, 0.3) is 0 Å². The molecule has 3 nitrogen and oxygen atoms in total. The lowest BCUT2D eigenvalue weighted by Crippen LogP contribution is -2.03. The third kappa shape index (κ3) is 13.1. The second-order valence-electron chi connectivity index (χ2n) is 4.70. The maximum atomic E-state index is 10.9. The van der Waals surface area contributed by atoms with Crippen LogP contribution in [-0.4, -0.2) is 24.3 Å². The second kappa shape index (κ2) is 14.1. The first-order chi connectivity index (χ1) is 9.70. The van der Waals surface area contributed by atoms with Gasteiger partial charge < -0.3 is 9.84 Å². The summed E-state index contributed by atoms with van der Waals surface area (Å²) in [5, 5.41) is 9.69. The third-order valence-corrected chi connectivity index (χ3v) is 2.83. The van der Waals surface area contributed by atoms with Gasteiger partial charge in [-0.05, 0) is 32.1 Å². The van der Waals surface area contributed by atoms with Gasteiger partial charge in [-0.15, -0.1) is 0 Å². The van der Waals surface area contributed by atoms with E-state index in [-0.39, 0.29) is 5.97 Å². The van der Waals surface area contributed by atoms with Crippen LogP contribution in [0.25, 0.3) is 0 Å². The predicted molar refractivity (Wildman–Crippen MR) is 83.4 cm³/mol. The second-order valence-corrected chi connectivity index (χ2v) is 4.70. The predicted octanol–water partition coefficient (Wildman–Crippen LogP) is 3.94. The van der Waals surface area contributed by atoms with Crippen LogP contribution >= 0.6 is 0 Å². The van der Waals surface area contributed by atoms with E-state index in [2.05, 4.69) is 29.9 Å². The van der Waals surface area contributed by atoms with Crippen molar-refractivity contribution in [3.05, 3.63) is 36.5 Å². The largest absolute Gasteiger partial charge is 0.469 e. The SMILES string of the molecule is CCC/C=C\C/C=C\C=C\C(O)CCCCC(=O)OC. The molecule has 0 aromatic carbocycles. The molecule has 0 radical (unpaired) electrons. The number of carbonyl (C=O) groups is 1. The minimum Gasteiger partial charge on any atom is -0.469 e. The monoisotopic (exact) mass is 280 g/mol. The van der Waals surface area contributed by atoms with Crippen molar-refractivity contribution in [2.24, 2.45) is 0 Å². The van der Waals surface area contributed by atoms with Crippen molar-refractivity contribution in [2.75, 3.05) is 7.11 Å². The van der Waals surface area contributed by atoms with Gasteiger partial charge >= 0.3 is 5.97 Å². The molecular formula is C17H28O3. The minimum atomic E-state index is -0.437. The number of hydrogen-bond acceptors (Lipinski definition) is 3. The van der Waals surface area contributed by atoms with Crippen molar-refractivity contribution < 1.29 is 14.6 Å². The highest BCUT2D eigenvalue weighted by Crippen LogP contribution is 2.05. The first-order valence-corrected chi connectivity index (χ1v) is 7.44. The van der Waals surface area contributed by atoms with Gasteiger partial charge in [-0.2, -0.15) is 0 Å². The molecule has 0 heterocycles. The van der Waals surface area contributed by atoms with Crippen LogP contribution in [0.2, 0.25) is 0 Å². The molecule has 0 saturated heterocycles. The smallest absolute Gasteiger partial charge is 0.305 e. The molecule has 0 spiro atoms. The fourth-order valence-electron chi connectivity index (χ4n) is 1.63. The summed E-state index contributed by atoms with van der Waals surface area (Å²) in [4.78, 5) is 10.9. The van der Waals surface area contributed by atoms with Crippen LogP contribution in [0.1, 0.15) is 51.9 Å². The zero-order chi connectivity index (χ0) is 15.1. The normalized spacial score (nSPS) is 13.6. The summed E-state index contributed by atoms with van der Waals surface area (Å²) >= 11 is 0. The van der Waals surface area contributed by atoms with Crippen LogP contribution in [-0.2, 0) is 9.53 Å². The Morgan fingerprint density at radius 2 is 2.00 bits per heavy atom. The molecule has 20 heavy (non-hydrogen) atoms. The lowest BCUT2D eigenvalue weighted by Gasteiger charge is -2.04. The zero-order valence-electron chi connectivity index (χ0n) is 12.8. The lowest BCUT2D eigenvalue weighted by atomic mass is 10.1. The van der Waals surface area contributed by atoms with Crippen LogP contribution in [0, 0.1) is 0 Å². The molecule has 114 valence electrons. The first kappa shape index (κ1) is 18.7. The van der Waals surface area contributed by atoms with Gasteiger partial charge in [0.05, 0.1) is 13.2 Å². The quantitative estimate of drug-likeness (QED) is 0.270. The van der Waals surface area contributed by atoms with Gasteiger partial charge in [-0.1, -0.05) is 49.8 Å². The molecule has 0 aliphatic heterocycles. The number of aliphatic hydroxyl groups is 1. The topological polar surface area (TPSA) is 46.5 Å². The summed E-state index contributed by atoms with van der Waals surface area (Å²) in [7, 11) is 1.39. The maximum absolute atomic E-state index is 10.9. The van der Waals surface area contributed by atoms with Crippen LogP contribution < -0.4 is 0 Å². The number of carbonyl (C=O) groups excluding carboxylic acids is 1. The molecular weight excluding hydrogens is 252 g/mol. The molecule has 0 aliphatic rings. The van der Waals surface area contributed by atoms with Crippen LogP contribution in [0.15, 0.2) is 36.5 Å². The van der Waals surface area contributed by atoms with E-state index in [0.717, 1.165) is 25.7 Å². The van der Waals surface area contributed by atoms with E-state index in [1.165, 1.54) is 13.5 Å². The van der Waals surface area contributed by atoms with Gasteiger partial charge in [0, 0.05) is 6.42 Å². The highest BCUT2D eigenvalue weighted by molar-refractivity contribution is 5.68. The number of aliphatic hydroxyl groups excluding tert-OH is 1. The molecule has 0 rings (SSSR count). The summed E-state index contributed by atoms with van der Waals surface area (Å²) < 4.78 is 4.55. The van der Waals surface area contributed by atoms with E-state index < -0.39 is 6.10 Å². The number of rotatable bonds is 11. The summed E-state index contributed by atoms with van der Waals surface area (Å²) in [6, 6.07) is 0. The van der Waals surface area contributed by atoms with Crippen molar-refractivity contribution in [3.8, 4) is 0 Å². The molecule has 0 amide bonds. The van der Waals surface area contributed by atoms with Crippen molar-refractivity contribution >= 4 is 5.97 Å². The molecule has 0 fully saturated rings. The Hall–Kier alpha value is -1.35. The fraction of sp³-hybridized carbons (Fsp3) is 0.588. The molecule has 0 aromatic rings. The summed E-state index contributed by atoms with van der Waals surface area (Å²) in [6.07, 6.45) is 17.5.